The number of halogens is 1. The summed E-state index contributed by atoms with van der Waals surface area (Å²) in [6.07, 6.45) is 3.59. The molecule has 1 heterocycles. The summed E-state index contributed by atoms with van der Waals surface area (Å²) < 4.78 is 10.5. The van der Waals surface area contributed by atoms with E-state index in [0.29, 0.717) is 18.2 Å². The molecule has 0 saturated carbocycles. The lowest BCUT2D eigenvalue weighted by Crippen LogP contribution is -2.37. The predicted molar refractivity (Wildman–Crippen MR) is 93.7 cm³/mol. The number of amides is 1. The van der Waals surface area contributed by atoms with Gasteiger partial charge in [0, 0.05) is 18.5 Å². The Morgan fingerprint density at radius 2 is 2.09 bits per heavy atom. The molecule has 1 aromatic rings. The lowest BCUT2D eigenvalue weighted by Gasteiger charge is -2.17. The molecule has 130 valence electrons. The molecule has 0 bridgehead atoms. The van der Waals surface area contributed by atoms with Crippen LogP contribution >= 0.6 is 12.4 Å². The summed E-state index contributed by atoms with van der Waals surface area (Å²) in [4.78, 5) is 12.0. The number of nitrogens with one attached hydrogen (secondary N) is 2. The highest BCUT2D eigenvalue weighted by molar-refractivity contribution is 5.85. The Bertz CT molecular complexity index is 505. The van der Waals surface area contributed by atoms with E-state index in [1.165, 1.54) is 6.42 Å². The molecule has 0 radical (unpaired) electrons. The standard InChI is InChI=1S/C17H26N2O3.ClH/c1-12(19-17(20)11-14-5-4-8-18-14)9-13-6-7-15(21-2)16(10-13)22-3;/h6-7,10,12,14,18H,4-5,8-9,11H2,1-3H3,(H,19,20);1H. The van der Waals surface area contributed by atoms with E-state index in [4.69, 9.17) is 9.47 Å². The highest BCUT2D eigenvalue weighted by Crippen LogP contribution is 2.27. The number of hydrogen-bond donors (Lipinski definition) is 2. The first-order valence-electron chi connectivity index (χ1n) is 7.86. The van der Waals surface area contributed by atoms with Gasteiger partial charge in [0.15, 0.2) is 11.5 Å². The molecule has 2 unspecified atom stereocenters. The summed E-state index contributed by atoms with van der Waals surface area (Å²) in [5, 5.41) is 6.42. The Balaban J connectivity index is 0.00000264. The van der Waals surface area contributed by atoms with Crippen LogP contribution in [0.1, 0.15) is 31.7 Å². The Kier molecular flexibility index (Phi) is 8.20. The molecule has 2 atom stereocenters. The van der Waals surface area contributed by atoms with Crippen molar-refractivity contribution in [1.29, 1.82) is 0 Å². The molecule has 0 aromatic heterocycles. The van der Waals surface area contributed by atoms with Gasteiger partial charge in [-0.2, -0.15) is 0 Å². The van der Waals surface area contributed by atoms with Crippen molar-refractivity contribution in [2.75, 3.05) is 20.8 Å². The number of hydrogen-bond acceptors (Lipinski definition) is 4. The van der Waals surface area contributed by atoms with Gasteiger partial charge in [-0.05, 0) is 50.4 Å². The smallest absolute Gasteiger partial charge is 0.221 e. The van der Waals surface area contributed by atoms with Crippen molar-refractivity contribution < 1.29 is 14.3 Å². The normalized spacial score (nSPS) is 18.0. The summed E-state index contributed by atoms with van der Waals surface area (Å²) in [6, 6.07) is 6.29. The fourth-order valence-corrected chi connectivity index (χ4v) is 2.90. The third-order valence-electron chi connectivity index (χ3n) is 3.99. The Morgan fingerprint density at radius 1 is 1.35 bits per heavy atom. The second-order valence-electron chi connectivity index (χ2n) is 5.86. The van der Waals surface area contributed by atoms with Gasteiger partial charge < -0.3 is 20.1 Å². The van der Waals surface area contributed by atoms with Crippen LogP contribution < -0.4 is 20.1 Å². The molecule has 2 rings (SSSR count). The predicted octanol–water partition coefficient (Wildman–Crippen LogP) is 2.31. The van der Waals surface area contributed by atoms with Crippen LogP contribution in [-0.2, 0) is 11.2 Å². The Morgan fingerprint density at radius 3 is 2.70 bits per heavy atom. The zero-order valence-electron chi connectivity index (χ0n) is 14.1. The monoisotopic (exact) mass is 342 g/mol. The van der Waals surface area contributed by atoms with Gasteiger partial charge in [0.05, 0.1) is 14.2 Å². The molecule has 6 heteroatoms. The first-order valence-corrected chi connectivity index (χ1v) is 7.86. The van der Waals surface area contributed by atoms with E-state index < -0.39 is 0 Å². The van der Waals surface area contributed by atoms with Gasteiger partial charge in [0.2, 0.25) is 5.91 Å². The molecule has 1 saturated heterocycles. The van der Waals surface area contributed by atoms with Crippen LogP contribution in [0.15, 0.2) is 18.2 Å². The Hall–Kier alpha value is -1.46. The first-order chi connectivity index (χ1) is 10.6. The fourth-order valence-electron chi connectivity index (χ4n) is 2.90. The molecule has 1 aliphatic rings. The molecule has 2 N–H and O–H groups in total. The van der Waals surface area contributed by atoms with Crippen molar-refractivity contribution in [1.82, 2.24) is 10.6 Å². The van der Waals surface area contributed by atoms with Crippen LogP contribution in [0.4, 0.5) is 0 Å². The van der Waals surface area contributed by atoms with Gasteiger partial charge in [-0.1, -0.05) is 6.07 Å². The van der Waals surface area contributed by atoms with Crippen molar-refractivity contribution in [3.63, 3.8) is 0 Å². The van der Waals surface area contributed by atoms with E-state index in [9.17, 15) is 4.79 Å². The van der Waals surface area contributed by atoms with Gasteiger partial charge in [-0.15, -0.1) is 12.4 Å². The highest BCUT2D eigenvalue weighted by Gasteiger charge is 2.18. The van der Waals surface area contributed by atoms with Crippen LogP contribution in [-0.4, -0.2) is 38.8 Å². The fraction of sp³-hybridized carbons (Fsp3) is 0.588. The van der Waals surface area contributed by atoms with Crippen LogP contribution in [0.5, 0.6) is 11.5 Å². The lowest BCUT2D eigenvalue weighted by atomic mass is 10.1. The summed E-state index contributed by atoms with van der Waals surface area (Å²) in [7, 11) is 3.25. The van der Waals surface area contributed by atoms with E-state index in [1.807, 2.05) is 25.1 Å². The van der Waals surface area contributed by atoms with E-state index in [2.05, 4.69) is 10.6 Å². The van der Waals surface area contributed by atoms with Crippen molar-refractivity contribution in [3.05, 3.63) is 23.8 Å². The van der Waals surface area contributed by atoms with Gasteiger partial charge in [-0.25, -0.2) is 0 Å². The number of carbonyl (C=O) groups excluding carboxylic acids is 1. The summed E-state index contributed by atoms with van der Waals surface area (Å²) >= 11 is 0. The van der Waals surface area contributed by atoms with E-state index in [-0.39, 0.29) is 24.4 Å². The molecular weight excluding hydrogens is 316 g/mol. The Labute approximate surface area is 144 Å². The van der Waals surface area contributed by atoms with Crippen molar-refractivity contribution >= 4 is 18.3 Å². The van der Waals surface area contributed by atoms with Gasteiger partial charge >= 0.3 is 0 Å². The number of methoxy groups -OCH3 is 2. The highest BCUT2D eigenvalue weighted by atomic mass is 35.5. The lowest BCUT2D eigenvalue weighted by molar-refractivity contribution is -0.122. The summed E-state index contributed by atoms with van der Waals surface area (Å²) in [5.41, 5.74) is 1.12. The largest absolute Gasteiger partial charge is 0.493 e. The maximum absolute atomic E-state index is 12.0. The van der Waals surface area contributed by atoms with Crippen LogP contribution in [0.2, 0.25) is 0 Å². The molecule has 1 fully saturated rings. The molecule has 1 amide bonds. The van der Waals surface area contributed by atoms with Gasteiger partial charge in [-0.3, -0.25) is 4.79 Å². The SMILES string of the molecule is COc1ccc(CC(C)NC(=O)CC2CCCN2)cc1OC.Cl. The van der Waals surface area contributed by atoms with E-state index in [0.717, 1.165) is 30.7 Å². The van der Waals surface area contributed by atoms with Crippen LogP contribution in [0, 0.1) is 0 Å². The number of ether oxygens (including phenoxy) is 2. The van der Waals surface area contributed by atoms with Gasteiger partial charge in [0.25, 0.3) is 0 Å². The second-order valence-corrected chi connectivity index (χ2v) is 5.86. The topological polar surface area (TPSA) is 59.6 Å². The first kappa shape index (κ1) is 19.6. The third-order valence-corrected chi connectivity index (χ3v) is 3.99. The van der Waals surface area contributed by atoms with Crippen molar-refractivity contribution in [2.45, 2.75) is 44.7 Å². The third kappa shape index (κ3) is 5.92. The minimum atomic E-state index is 0. The summed E-state index contributed by atoms with van der Waals surface area (Å²) in [5.74, 6) is 1.55. The number of benzene rings is 1. The molecule has 1 aliphatic heterocycles. The average molecular weight is 343 g/mol. The molecular formula is C17H27ClN2O3. The maximum Gasteiger partial charge on any atom is 0.221 e. The number of carbonyl (C=O) groups is 1. The molecule has 23 heavy (non-hydrogen) atoms. The second kappa shape index (κ2) is 9.63. The maximum atomic E-state index is 12.0. The quantitative estimate of drug-likeness (QED) is 0.798. The molecule has 5 nitrogen and oxygen atoms in total. The molecule has 1 aromatic carbocycles. The van der Waals surface area contributed by atoms with Gasteiger partial charge in [0.1, 0.15) is 0 Å². The zero-order chi connectivity index (χ0) is 15.9. The summed E-state index contributed by atoms with van der Waals surface area (Å²) in [6.45, 7) is 3.05. The number of rotatable bonds is 7. The molecule has 0 spiro atoms. The van der Waals surface area contributed by atoms with Crippen LogP contribution in [0.3, 0.4) is 0 Å². The zero-order valence-corrected chi connectivity index (χ0v) is 14.9. The van der Waals surface area contributed by atoms with E-state index >= 15 is 0 Å². The average Bonchev–Trinajstić information content (AvgIpc) is 2.99. The van der Waals surface area contributed by atoms with Crippen LogP contribution in [0.25, 0.3) is 0 Å². The minimum absolute atomic E-state index is 0. The van der Waals surface area contributed by atoms with Crippen molar-refractivity contribution in [3.8, 4) is 11.5 Å². The molecule has 0 aliphatic carbocycles. The van der Waals surface area contributed by atoms with Crippen molar-refractivity contribution in [2.24, 2.45) is 0 Å². The minimum Gasteiger partial charge on any atom is -0.493 e. The van der Waals surface area contributed by atoms with E-state index in [1.54, 1.807) is 14.2 Å².